The Hall–Kier alpha value is -1.35. The molecule has 1 fully saturated rings. The molecule has 1 heterocycles. The smallest absolute Gasteiger partial charge is 0.227 e. The van der Waals surface area contributed by atoms with Crippen LogP contribution >= 0.6 is 0 Å². The van der Waals surface area contributed by atoms with Crippen molar-refractivity contribution in [1.29, 1.82) is 0 Å². The molecule has 3 heteroatoms. The first-order valence-electron chi connectivity index (χ1n) is 6.96. The first-order valence-corrected chi connectivity index (χ1v) is 6.96. The van der Waals surface area contributed by atoms with Crippen LogP contribution in [0.1, 0.15) is 30.5 Å². The molecule has 1 aromatic carbocycles. The zero-order valence-corrected chi connectivity index (χ0v) is 12.4. The van der Waals surface area contributed by atoms with E-state index in [-0.39, 0.29) is 11.4 Å². The van der Waals surface area contributed by atoms with Crippen molar-refractivity contribution in [2.75, 3.05) is 19.6 Å². The second kappa shape index (κ2) is 5.33. The van der Waals surface area contributed by atoms with Gasteiger partial charge in [-0.2, -0.15) is 0 Å². The average Bonchev–Trinajstić information content (AvgIpc) is 2.31. The van der Waals surface area contributed by atoms with Crippen LogP contribution in [0.15, 0.2) is 18.2 Å². The number of nitrogens with one attached hydrogen (secondary N) is 1. The van der Waals surface area contributed by atoms with Gasteiger partial charge >= 0.3 is 0 Å². The molecular formula is C16H24N2O. The van der Waals surface area contributed by atoms with E-state index in [9.17, 15) is 4.79 Å². The SMILES string of the molecule is Cc1ccc(CC(=O)N2CCNC(C)(C)C2)c(C)c1. The average molecular weight is 260 g/mol. The largest absolute Gasteiger partial charge is 0.339 e. The van der Waals surface area contributed by atoms with Crippen LogP contribution in [0.2, 0.25) is 0 Å². The van der Waals surface area contributed by atoms with Crippen LogP contribution < -0.4 is 5.32 Å². The summed E-state index contributed by atoms with van der Waals surface area (Å²) in [5, 5.41) is 3.43. The Morgan fingerprint density at radius 2 is 2.11 bits per heavy atom. The van der Waals surface area contributed by atoms with Gasteiger partial charge in [0, 0.05) is 25.2 Å². The van der Waals surface area contributed by atoms with Crippen molar-refractivity contribution in [3.8, 4) is 0 Å². The highest BCUT2D eigenvalue weighted by molar-refractivity contribution is 5.79. The molecule has 0 saturated carbocycles. The summed E-state index contributed by atoms with van der Waals surface area (Å²) < 4.78 is 0. The summed E-state index contributed by atoms with van der Waals surface area (Å²) in [6, 6.07) is 6.30. The molecule has 2 rings (SSSR count). The van der Waals surface area contributed by atoms with E-state index >= 15 is 0 Å². The predicted molar refractivity (Wildman–Crippen MR) is 78.3 cm³/mol. The van der Waals surface area contributed by atoms with Gasteiger partial charge in [0.05, 0.1) is 6.42 Å². The summed E-state index contributed by atoms with van der Waals surface area (Å²) in [4.78, 5) is 14.4. The zero-order chi connectivity index (χ0) is 14.0. The molecule has 0 spiro atoms. The number of piperazine rings is 1. The standard InChI is InChI=1S/C16H24N2O/c1-12-5-6-14(13(2)9-12)10-15(19)18-8-7-17-16(3,4)11-18/h5-6,9,17H,7-8,10-11H2,1-4H3. The van der Waals surface area contributed by atoms with Crippen molar-refractivity contribution in [2.24, 2.45) is 0 Å². The van der Waals surface area contributed by atoms with Crippen molar-refractivity contribution in [3.63, 3.8) is 0 Å². The molecule has 1 aliphatic heterocycles. The van der Waals surface area contributed by atoms with Gasteiger partial charge < -0.3 is 10.2 Å². The second-order valence-electron chi connectivity index (χ2n) is 6.23. The highest BCUT2D eigenvalue weighted by Gasteiger charge is 2.28. The van der Waals surface area contributed by atoms with Gasteiger partial charge in [0.1, 0.15) is 0 Å². The van der Waals surface area contributed by atoms with Gasteiger partial charge in [-0.25, -0.2) is 0 Å². The lowest BCUT2D eigenvalue weighted by Crippen LogP contribution is -2.58. The number of carbonyl (C=O) groups excluding carboxylic acids is 1. The van der Waals surface area contributed by atoms with Crippen LogP contribution in [0.3, 0.4) is 0 Å². The first-order chi connectivity index (χ1) is 8.87. The summed E-state index contributed by atoms with van der Waals surface area (Å²) in [6.07, 6.45) is 0.516. The van der Waals surface area contributed by atoms with E-state index in [2.05, 4.69) is 51.2 Å². The Bertz CT molecular complexity index is 480. The lowest BCUT2D eigenvalue weighted by Gasteiger charge is -2.39. The maximum Gasteiger partial charge on any atom is 0.227 e. The fourth-order valence-corrected chi connectivity index (χ4v) is 2.67. The van der Waals surface area contributed by atoms with Gasteiger partial charge in [0.2, 0.25) is 5.91 Å². The summed E-state index contributed by atoms with van der Waals surface area (Å²) >= 11 is 0. The molecule has 0 bridgehead atoms. The molecule has 1 saturated heterocycles. The Balaban J connectivity index is 2.04. The van der Waals surface area contributed by atoms with Crippen molar-refractivity contribution >= 4 is 5.91 Å². The number of hydrogen-bond donors (Lipinski definition) is 1. The lowest BCUT2D eigenvalue weighted by atomic mass is 9.99. The van der Waals surface area contributed by atoms with E-state index in [4.69, 9.17) is 0 Å². The number of hydrogen-bond acceptors (Lipinski definition) is 2. The van der Waals surface area contributed by atoms with Crippen molar-refractivity contribution in [3.05, 3.63) is 34.9 Å². The van der Waals surface area contributed by atoms with Crippen LogP contribution in [-0.4, -0.2) is 36.0 Å². The van der Waals surface area contributed by atoms with E-state index < -0.39 is 0 Å². The van der Waals surface area contributed by atoms with Gasteiger partial charge in [0.25, 0.3) is 0 Å². The molecule has 1 N–H and O–H groups in total. The lowest BCUT2D eigenvalue weighted by molar-refractivity contribution is -0.132. The van der Waals surface area contributed by atoms with Crippen molar-refractivity contribution < 1.29 is 4.79 Å². The van der Waals surface area contributed by atoms with E-state index in [0.29, 0.717) is 6.42 Å². The monoisotopic (exact) mass is 260 g/mol. The Labute approximate surface area is 116 Å². The molecule has 0 aliphatic carbocycles. The highest BCUT2D eigenvalue weighted by atomic mass is 16.2. The quantitative estimate of drug-likeness (QED) is 0.882. The molecule has 0 aromatic heterocycles. The van der Waals surface area contributed by atoms with Gasteiger partial charge in [0.15, 0.2) is 0 Å². The zero-order valence-electron chi connectivity index (χ0n) is 12.4. The predicted octanol–water partition coefficient (Wildman–Crippen LogP) is 2.06. The molecule has 19 heavy (non-hydrogen) atoms. The Kier molecular flexibility index (Phi) is 3.95. The van der Waals surface area contributed by atoms with Crippen LogP contribution in [0.4, 0.5) is 0 Å². The van der Waals surface area contributed by atoms with Crippen LogP contribution in [0, 0.1) is 13.8 Å². The number of carbonyl (C=O) groups is 1. The molecule has 1 aliphatic rings. The number of benzene rings is 1. The first kappa shape index (κ1) is 14.1. The minimum atomic E-state index is 0.0240. The van der Waals surface area contributed by atoms with Crippen molar-refractivity contribution in [1.82, 2.24) is 10.2 Å². The molecule has 3 nitrogen and oxygen atoms in total. The fraction of sp³-hybridized carbons (Fsp3) is 0.562. The highest BCUT2D eigenvalue weighted by Crippen LogP contribution is 2.15. The number of aryl methyl sites for hydroxylation is 2. The van der Waals surface area contributed by atoms with Crippen LogP contribution in [0.5, 0.6) is 0 Å². The topological polar surface area (TPSA) is 32.3 Å². The summed E-state index contributed by atoms with van der Waals surface area (Å²) in [5.41, 5.74) is 3.63. The summed E-state index contributed by atoms with van der Waals surface area (Å²) in [7, 11) is 0. The minimum absolute atomic E-state index is 0.0240. The van der Waals surface area contributed by atoms with Crippen LogP contribution in [0.25, 0.3) is 0 Å². The minimum Gasteiger partial charge on any atom is -0.339 e. The third-order valence-corrected chi connectivity index (χ3v) is 3.76. The van der Waals surface area contributed by atoms with Gasteiger partial charge in [-0.1, -0.05) is 23.8 Å². The maximum atomic E-state index is 12.4. The van der Waals surface area contributed by atoms with Gasteiger partial charge in [-0.3, -0.25) is 4.79 Å². The fourth-order valence-electron chi connectivity index (χ4n) is 2.67. The maximum absolute atomic E-state index is 12.4. The Morgan fingerprint density at radius 3 is 2.74 bits per heavy atom. The molecule has 0 unspecified atom stereocenters. The molecular weight excluding hydrogens is 236 g/mol. The van der Waals surface area contributed by atoms with E-state index in [1.54, 1.807) is 0 Å². The summed E-state index contributed by atoms with van der Waals surface area (Å²) in [5.74, 6) is 0.238. The normalized spacial score (nSPS) is 18.4. The third kappa shape index (κ3) is 3.57. The van der Waals surface area contributed by atoms with Crippen molar-refractivity contribution in [2.45, 2.75) is 39.7 Å². The van der Waals surface area contributed by atoms with Gasteiger partial charge in [-0.15, -0.1) is 0 Å². The molecule has 0 radical (unpaired) electrons. The van der Waals surface area contributed by atoms with E-state index in [1.165, 1.54) is 11.1 Å². The molecule has 1 aromatic rings. The summed E-state index contributed by atoms with van der Waals surface area (Å²) in [6.45, 7) is 10.9. The number of amides is 1. The van der Waals surface area contributed by atoms with E-state index in [0.717, 1.165) is 25.2 Å². The van der Waals surface area contributed by atoms with E-state index in [1.807, 2.05) is 4.90 Å². The Morgan fingerprint density at radius 1 is 1.37 bits per heavy atom. The molecule has 0 atom stereocenters. The molecule has 1 amide bonds. The number of rotatable bonds is 2. The van der Waals surface area contributed by atoms with Crippen LogP contribution in [-0.2, 0) is 11.2 Å². The van der Waals surface area contributed by atoms with Gasteiger partial charge in [-0.05, 0) is 38.8 Å². The molecule has 104 valence electrons. The third-order valence-electron chi connectivity index (χ3n) is 3.76. The number of nitrogens with zero attached hydrogens (tertiary/aromatic N) is 1. The second-order valence-corrected chi connectivity index (χ2v) is 6.23.